The highest BCUT2D eigenvalue weighted by molar-refractivity contribution is 7.91. The molecule has 6 nitrogen and oxygen atoms in total. The molecule has 1 unspecified atom stereocenters. The van der Waals surface area contributed by atoms with E-state index in [2.05, 4.69) is 5.32 Å². The summed E-state index contributed by atoms with van der Waals surface area (Å²) in [5.74, 6) is 1.31. The number of carbonyl (C=O) groups is 1. The second-order valence-electron chi connectivity index (χ2n) is 5.99. The maximum atomic E-state index is 12.7. The Bertz CT molecular complexity index is 723. The van der Waals surface area contributed by atoms with Crippen LogP contribution in [0.15, 0.2) is 6.07 Å². The zero-order valence-electron chi connectivity index (χ0n) is 12.1. The van der Waals surface area contributed by atoms with E-state index in [9.17, 15) is 13.2 Å². The second kappa shape index (κ2) is 4.87. The molecule has 3 aliphatic rings. The zero-order valence-corrected chi connectivity index (χ0v) is 12.9. The van der Waals surface area contributed by atoms with E-state index < -0.39 is 9.84 Å². The van der Waals surface area contributed by atoms with Crippen LogP contribution < -0.4 is 14.8 Å². The number of rotatable bonds is 2. The van der Waals surface area contributed by atoms with Gasteiger partial charge in [-0.15, -0.1) is 0 Å². The molecule has 1 amide bonds. The van der Waals surface area contributed by atoms with Crippen LogP contribution in [0.4, 0.5) is 0 Å². The lowest BCUT2D eigenvalue weighted by atomic mass is 9.98. The fourth-order valence-electron chi connectivity index (χ4n) is 3.39. The highest BCUT2D eigenvalue weighted by atomic mass is 32.2. The molecule has 3 heterocycles. The molecule has 0 radical (unpaired) electrons. The van der Waals surface area contributed by atoms with Crippen molar-refractivity contribution in [3.05, 3.63) is 22.8 Å². The highest BCUT2D eigenvalue weighted by Crippen LogP contribution is 2.40. The largest absolute Gasteiger partial charge is 0.493 e. The number of hydrogen-bond acceptors (Lipinski definition) is 5. The normalized spacial score (nSPS) is 24.3. The van der Waals surface area contributed by atoms with Crippen LogP contribution in [0.1, 0.15) is 27.9 Å². The molecule has 1 saturated heterocycles. The summed E-state index contributed by atoms with van der Waals surface area (Å²) < 4.78 is 34.3. The number of carbonyl (C=O) groups excluding carboxylic acids is 1. The summed E-state index contributed by atoms with van der Waals surface area (Å²) >= 11 is 0. The van der Waals surface area contributed by atoms with Crippen molar-refractivity contribution < 1.29 is 22.7 Å². The van der Waals surface area contributed by atoms with Gasteiger partial charge in [0.2, 0.25) is 0 Å². The van der Waals surface area contributed by atoms with Crippen molar-refractivity contribution in [3.63, 3.8) is 0 Å². The monoisotopic (exact) mass is 323 g/mol. The van der Waals surface area contributed by atoms with E-state index in [1.54, 1.807) is 0 Å². The molecular weight excluding hydrogens is 306 g/mol. The first-order chi connectivity index (χ1) is 10.5. The maximum absolute atomic E-state index is 12.7. The Morgan fingerprint density at radius 2 is 2.05 bits per heavy atom. The predicted molar refractivity (Wildman–Crippen MR) is 79.4 cm³/mol. The van der Waals surface area contributed by atoms with Crippen molar-refractivity contribution in [1.29, 1.82) is 0 Å². The van der Waals surface area contributed by atoms with Gasteiger partial charge in [0.05, 0.1) is 30.3 Å². The molecule has 1 atom stereocenters. The summed E-state index contributed by atoms with van der Waals surface area (Å²) in [6, 6.07) is 1.65. The predicted octanol–water partition coefficient (Wildman–Crippen LogP) is 0.473. The molecule has 1 fully saturated rings. The lowest BCUT2D eigenvalue weighted by Gasteiger charge is -2.15. The molecule has 1 N–H and O–H groups in total. The van der Waals surface area contributed by atoms with Gasteiger partial charge in [-0.25, -0.2) is 8.42 Å². The van der Waals surface area contributed by atoms with Gasteiger partial charge in [-0.2, -0.15) is 0 Å². The molecule has 0 aromatic heterocycles. The number of benzene rings is 1. The summed E-state index contributed by atoms with van der Waals surface area (Å²) in [7, 11) is -3.02. The van der Waals surface area contributed by atoms with E-state index in [4.69, 9.17) is 9.47 Å². The van der Waals surface area contributed by atoms with Crippen LogP contribution >= 0.6 is 0 Å². The third kappa shape index (κ3) is 2.24. The Morgan fingerprint density at radius 1 is 1.23 bits per heavy atom. The number of sulfone groups is 1. The molecule has 3 aliphatic heterocycles. The van der Waals surface area contributed by atoms with E-state index >= 15 is 0 Å². The molecule has 118 valence electrons. The van der Waals surface area contributed by atoms with Crippen molar-refractivity contribution in [2.75, 3.05) is 24.7 Å². The fraction of sp³-hybridized carbons (Fsp3) is 0.533. The first-order valence-corrected chi connectivity index (χ1v) is 9.31. The third-order valence-corrected chi connectivity index (χ3v) is 6.21. The molecular formula is C15H17NO5S. The second-order valence-corrected chi connectivity index (χ2v) is 8.22. The van der Waals surface area contributed by atoms with Gasteiger partial charge in [0.25, 0.3) is 5.91 Å². The number of amides is 1. The van der Waals surface area contributed by atoms with Crippen molar-refractivity contribution >= 4 is 15.7 Å². The minimum absolute atomic E-state index is 0.0211. The topological polar surface area (TPSA) is 81.7 Å². The third-order valence-electron chi connectivity index (χ3n) is 4.45. The standard InChI is InChI=1S/C15H17NO5S/c17-15(16-10-3-6-22(18,19)8-10)13-11-2-5-20-12(11)7-9-1-4-21-14(9)13/h7,10H,1-6,8H2,(H,16,17). The Balaban J connectivity index is 1.66. The SMILES string of the molecule is O=C(NC1CCS(=O)(=O)C1)c1c2c(cc3c1OCC3)OCC2. The molecule has 22 heavy (non-hydrogen) atoms. The molecule has 0 aliphatic carbocycles. The van der Waals surface area contributed by atoms with Crippen LogP contribution in [0.25, 0.3) is 0 Å². The number of ether oxygens (including phenoxy) is 2. The minimum Gasteiger partial charge on any atom is -0.493 e. The lowest BCUT2D eigenvalue weighted by molar-refractivity contribution is 0.0937. The summed E-state index contributed by atoms with van der Waals surface area (Å²) in [6.07, 6.45) is 1.92. The molecule has 0 bridgehead atoms. The summed E-state index contributed by atoms with van der Waals surface area (Å²) in [4.78, 5) is 12.7. The molecule has 4 rings (SSSR count). The number of nitrogens with one attached hydrogen (secondary N) is 1. The van der Waals surface area contributed by atoms with E-state index in [1.807, 2.05) is 6.07 Å². The number of fused-ring (bicyclic) bond motifs is 2. The van der Waals surface area contributed by atoms with E-state index in [-0.39, 0.29) is 23.5 Å². The van der Waals surface area contributed by atoms with E-state index in [0.29, 0.717) is 37.4 Å². The van der Waals surface area contributed by atoms with Gasteiger partial charge < -0.3 is 14.8 Å². The van der Waals surface area contributed by atoms with Gasteiger partial charge in [0.15, 0.2) is 9.84 Å². The average Bonchev–Trinajstić information content (AvgIpc) is 3.15. The van der Waals surface area contributed by atoms with Crippen LogP contribution in [0.5, 0.6) is 11.5 Å². The zero-order chi connectivity index (χ0) is 15.3. The summed E-state index contributed by atoms with van der Waals surface area (Å²) in [6.45, 7) is 1.13. The Hall–Kier alpha value is -1.76. The summed E-state index contributed by atoms with van der Waals surface area (Å²) in [5.41, 5.74) is 2.40. The van der Waals surface area contributed by atoms with Crippen molar-refractivity contribution in [3.8, 4) is 11.5 Å². The highest BCUT2D eigenvalue weighted by Gasteiger charge is 2.33. The van der Waals surface area contributed by atoms with Crippen molar-refractivity contribution in [2.45, 2.75) is 25.3 Å². The van der Waals surface area contributed by atoms with Gasteiger partial charge in [0.1, 0.15) is 11.5 Å². The van der Waals surface area contributed by atoms with Crippen molar-refractivity contribution in [1.82, 2.24) is 5.32 Å². The molecule has 1 aromatic carbocycles. The van der Waals surface area contributed by atoms with Crippen LogP contribution in [0.2, 0.25) is 0 Å². The first kappa shape index (κ1) is 13.9. The molecule has 0 spiro atoms. The smallest absolute Gasteiger partial charge is 0.255 e. The Morgan fingerprint density at radius 3 is 2.82 bits per heavy atom. The number of hydrogen-bond donors (Lipinski definition) is 1. The summed E-state index contributed by atoms with van der Waals surface area (Å²) in [5, 5.41) is 2.86. The molecule has 0 saturated carbocycles. The van der Waals surface area contributed by atoms with Gasteiger partial charge in [-0.05, 0) is 12.5 Å². The quantitative estimate of drug-likeness (QED) is 0.856. The van der Waals surface area contributed by atoms with Gasteiger partial charge >= 0.3 is 0 Å². The van der Waals surface area contributed by atoms with E-state index in [1.165, 1.54) is 0 Å². The van der Waals surface area contributed by atoms with Crippen molar-refractivity contribution in [2.24, 2.45) is 0 Å². The van der Waals surface area contributed by atoms with Gasteiger partial charge in [-0.3, -0.25) is 4.79 Å². The van der Waals surface area contributed by atoms with Crippen LogP contribution in [0.3, 0.4) is 0 Å². The lowest BCUT2D eigenvalue weighted by Crippen LogP contribution is -2.36. The van der Waals surface area contributed by atoms with E-state index in [0.717, 1.165) is 23.3 Å². The fourth-order valence-corrected chi connectivity index (χ4v) is 5.07. The Kier molecular flexibility index (Phi) is 3.07. The average molecular weight is 323 g/mol. The van der Waals surface area contributed by atoms with Crippen LogP contribution in [-0.2, 0) is 22.7 Å². The van der Waals surface area contributed by atoms with Crippen LogP contribution in [-0.4, -0.2) is 45.1 Å². The Labute approximate surface area is 128 Å². The van der Waals surface area contributed by atoms with Gasteiger partial charge in [0, 0.05) is 30.0 Å². The molecule has 7 heteroatoms. The first-order valence-electron chi connectivity index (χ1n) is 7.49. The van der Waals surface area contributed by atoms with Crippen LogP contribution in [0, 0.1) is 0 Å². The van der Waals surface area contributed by atoms with Gasteiger partial charge in [-0.1, -0.05) is 0 Å². The maximum Gasteiger partial charge on any atom is 0.255 e. The minimum atomic E-state index is -3.02. The molecule has 1 aromatic rings.